The zero-order valence-corrected chi connectivity index (χ0v) is 19.8. The van der Waals surface area contributed by atoms with E-state index >= 15 is 0 Å². The summed E-state index contributed by atoms with van der Waals surface area (Å²) in [6.45, 7) is 3.00. The number of thiazole rings is 1. The first-order valence-corrected chi connectivity index (χ1v) is 11.2. The molecule has 3 aromatic rings. The SMILES string of the molecule is COC(=O)C1=C(C)N=c2s/c(=C/c3ccccc3)c(=O)n2[C@H]1c1ccc(OC(C)=O)c(OC)c1. The Morgan fingerprint density at radius 1 is 1.09 bits per heavy atom. The average Bonchev–Trinajstić information content (AvgIpc) is 3.12. The molecular weight excluding hydrogens is 456 g/mol. The molecule has 0 saturated heterocycles. The number of esters is 2. The maximum Gasteiger partial charge on any atom is 0.338 e. The molecule has 0 spiro atoms. The average molecular weight is 479 g/mol. The second-order valence-electron chi connectivity index (χ2n) is 7.49. The second kappa shape index (κ2) is 9.48. The largest absolute Gasteiger partial charge is 0.493 e. The van der Waals surface area contributed by atoms with E-state index in [4.69, 9.17) is 14.2 Å². The number of hydrogen-bond acceptors (Lipinski definition) is 8. The van der Waals surface area contributed by atoms with E-state index < -0.39 is 18.0 Å². The van der Waals surface area contributed by atoms with E-state index in [0.29, 0.717) is 20.6 Å². The van der Waals surface area contributed by atoms with Crippen molar-refractivity contribution in [3.8, 4) is 11.5 Å². The van der Waals surface area contributed by atoms with Crippen molar-refractivity contribution < 1.29 is 23.8 Å². The zero-order chi connectivity index (χ0) is 24.4. The standard InChI is InChI=1S/C25H22N2O6S/c1-14-21(24(30)32-4)22(17-10-11-18(33-15(2)28)19(13-17)31-3)27-23(29)20(34-25(27)26-14)12-16-8-6-5-7-9-16/h5-13,22H,1-4H3/b20-12+/t22-/m0/s1. The monoisotopic (exact) mass is 478 g/mol. The lowest BCUT2D eigenvalue weighted by Gasteiger charge is -2.25. The van der Waals surface area contributed by atoms with Gasteiger partial charge in [-0.25, -0.2) is 9.79 Å². The van der Waals surface area contributed by atoms with Crippen LogP contribution < -0.4 is 24.4 Å². The molecule has 0 amide bonds. The molecule has 34 heavy (non-hydrogen) atoms. The predicted octanol–water partition coefficient (Wildman–Crippen LogP) is 2.34. The van der Waals surface area contributed by atoms with Gasteiger partial charge in [-0.1, -0.05) is 47.7 Å². The molecule has 0 radical (unpaired) electrons. The Balaban J connectivity index is 1.96. The van der Waals surface area contributed by atoms with Crippen LogP contribution in [-0.4, -0.2) is 30.7 Å². The van der Waals surface area contributed by atoms with Crippen molar-refractivity contribution in [2.45, 2.75) is 19.9 Å². The van der Waals surface area contributed by atoms with Gasteiger partial charge in [0.2, 0.25) is 0 Å². The molecule has 1 aromatic heterocycles. The summed E-state index contributed by atoms with van der Waals surface area (Å²) in [7, 11) is 2.73. The molecule has 0 aliphatic carbocycles. The van der Waals surface area contributed by atoms with E-state index in [1.807, 2.05) is 30.3 Å². The Labute approximate surface area is 199 Å². The van der Waals surface area contributed by atoms with Gasteiger partial charge in [-0.2, -0.15) is 0 Å². The van der Waals surface area contributed by atoms with E-state index in [2.05, 4.69) is 4.99 Å². The van der Waals surface area contributed by atoms with Gasteiger partial charge in [-0.05, 0) is 36.3 Å². The third-order valence-electron chi connectivity index (χ3n) is 5.28. The summed E-state index contributed by atoms with van der Waals surface area (Å²) in [4.78, 5) is 42.8. The van der Waals surface area contributed by atoms with Crippen LogP contribution in [0.4, 0.5) is 0 Å². The molecule has 0 bridgehead atoms. The number of allylic oxidation sites excluding steroid dienone is 1. The van der Waals surface area contributed by atoms with Crippen LogP contribution in [0.3, 0.4) is 0 Å². The summed E-state index contributed by atoms with van der Waals surface area (Å²) in [6, 6.07) is 13.6. The van der Waals surface area contributed by atoms with Gasteiger partial charge in [-0.3, -0.25) is 14.2 Å². The minimum Gasteiger partial charge on any atom is -0.493 e. The number of methoxy groups -OCH3 is 2. The van der Waals surface area contributed by atoms with E-state index in [1.54, 1.807) is 31.2 Å². The zero-order valence-electron chi connectivity index (χ0n) is 19.0. The predicted molar refractivity (Wildman–Crippen MR) is 127 cm³/mol. The fraction of sp³-hybridized carbons (Fsp3) is 0.200. The summed E-state index contributed by atoms with van der Waals surface area (Å²) < 4.78 is 17.6. The highest BCUT2D eigenvalue weighted by Gasteiger charge is 2.33. The van der Waals surface area contributed by atoms with Crippen LogP contribution in [0.15, 0.2) is 69.6 Å². The fourth-order valence-electron chi connectivity index (χ4n) is 3.80. The summed E-state index contributed by atoms with van der Waals surface area (Å²) >= 11 is 1.24. The molecular formula is C25H22N2O6S. The Morgan fingerprint density at radius 2 is 1.82 bits per heavy atom. The Kier molecular flexibility index (Phi) is 6.47. The normalized spacial score (nSPS) is 15.4. The number of nitrogens with zero attached hydrogens (tertiary/aromatic N) is 2. The van der Waals surface area contributed by atoms with E-state index in [-0.39, 0.29) is 22.6 Å². The highest BCUT2D eigenvalue weighted by Crippen LogP contribution is 2.36. The van der Waals surface area contributed by atoms with Crippen molar-refractivity contribution in [1.82, 2.24) is 4.57 Å². The maximum atomic E-state index is 13.5. The molecule has 1 aliphatic rings. The third-order valence-corrected chi connectivity index (χ3v) is 6.26. The van der Waals surface area contributed by atoms with Crippen LogP contribution in [0, 0.1) is 0 Å². The van der Waals surface area contributed by atoms with E-state index in [1.165, 1.54) is 37.0 Å². The van der Waals surface area contributed by atoms with Gasteiger partial charge in [0.1, 0.15) is 0 Å². The minimum absolute atomic E-state index is 0.232. The third kappa shape index (κ3) is 4.29. The lowest BCUT2D eigenvalue weighted by molar-refractivity contribution is -0.136. The van der Waals surface area contributed by atoms with Crippen LogP contribution in [0.1, 0.15) is 31.0 Å². The van der Waals surface area contributed by atoms with Crippen molar-refractivity contribution in [2.24, 2.45) is 4.99 Å². The summed E-state index contributed by atoms with van der Waals surface area (Å²) in [5.41, 5.74) is 1.86. The van der Waals surface area contributed by atoms with Crippen LogP contribution >= 0.6 is 11.3 Å². The highest BCUT2D eigenvalue weighted by molar-refractivity contribution is 7.07. The summed E-state index contributed by atoms with van der Waals surface area (Å²) in [5, 5.41) is 0. The van der Waals surface area contributed by atoms with Crippen LogP contribution in [-0.2, 0) is 14.3 Å². The van der Waals surface area contributed by atoms with Gasteiger partial charge >= 0.3 is 11.9 Å². The number of hydrogen-bond donors (Lipinski definition) is 0. The van der Waals surface area contributed by atoms with Gasteiger partial charge in [0.15, 0.2) is 16.3 Å². The maximum absolute atomic E-state index is 13.5. The van der Waals surface area contributed by atoms with Crippen molar-refractivity contribution in [2.75, 3.05) is 14.2 Å². The Hall–Kier alpha value is -3.98. The van der Waals surface area contributed by atoms with Crippen LogP contribution in [0.5, 0.6) is 11.5 Å². The van der Waals surface area contributed by atoms with Gasteiger partial charge in [0.05, 0.1) is 36.1 Å². The second-order valence-corrected chi connectivity index (χ2v) is 8.50. The molecule has 1 atom stereocenters. The number of benzene rings is 2. The number of rotatable bonds is 5. The van der Waals surface area contributed by atoms with Gasteiger partial charge in [0, 0.05) is 6.92 Å². The molecule has 174 valence electrons. The first kappa shape index (κ1) is 23.2. The molecule has 4 rings (SSSR count). The Morgan fingerprint density at radius 3 is 2.47 bits per heavy atom. The number of carbonyl (C=O) groups is 2. The molecule has 2 aromatic carbocycles. The fourth-order valence-corrected chi connectivity index (χ4v) is 4.85. The lowest BCUT2D eigenvalue weighted by Crippen LogP contribution is -2.39. The van der Waals surface area contributed by atoms with E-state index in [9.17, 15) is 14.4 Å². The first-order valence-electron chi connectivity index (χ1n) is 10.4. The molecule has 0 fully saturated rings. The van der Waals surface area contributed by atoms with Crippen molar-refractivity contribution in [3.05, 3.63) is 90.6 Å². The van der Waals surface area contributed by atoms with Gasteiger partial charge in [-0.15, -0.1) is 0 Å². The summed E-state index contributed by atoms with van der Waals surface area (Å²) in [5.74, 6) is -0.564. The molecule has 0 saturated carbocycles. The minimum atomic E-state index is -0.804. The quantitative estimate of drug-likeness (QED) is 0.413. The molecule has 0 N–H and O–H groups in total. The smallest absolute Gasteiger partial charge is 0.338 e. The van der Waals surface area contributed by atoms with Crippen LogP contribution in [0.25, 0.3) is 6.08 Å². The Bertz CT molecular complexity index is 1480. The van der Waals surface area contributed by atoms with Crippen molar-refractivity contribution >= 4 is 29.4 Å². The molecule has 8 nitrogen and oxygen atoms in total. The summed E-state index contributed by atoms with van der Waals surface area (Å²) in [6.07, 6.45) is 1.79. The number of carbonyl (C=O) groups excluding carboxylic acids is 2. The number of ether oxygens (including phenoxy) is 3. The van der Waals surface area contributed by atoms with Gasteiger partial charge < -0.3 is 14.2 Å². The van der Waals surface area contributed by atoms with Crippen molar-refractivity contribution in [3.63, 3.8) is 0 Å². The number of fused-ring (bicyclic) bond motifs is 1. The first-order chi connectivity index (χ1) is 16.3. The van der Waals surface area contributed by atoms with Crippen LogP contribution in [0.2, 0.25) is 0 Å². The van der Waals surface area contributed by atoms with Crippen molar-refractivity contribution in [1.29, 1.82) is 0 Å². The molecule has 9 heteroatoms. The molecule has 2 heterocycles. The lowest BCUT2D eigenvalue weighted by atomic mass is 9.95. The van der Waals surface area contributed by atoms with E-state index in [0.717, 1.165) is 5.56 Å². The highest BCUT2D eigenvalue weighted by atomic mass is 32.1. The number of aromatic nitrogens is 1. The molecule has 0 unspecified atom stereocenters. The van der Waals surface area contributed by atoms with Gasteiger partial charge in [0.25, 0.3) is 5.56 Å². The topological polar surface area (TPSA) is 96.2 Å². The molecule has 1 aliphatic heterocycles.